The molecule has 6 heteroatoms. The molecule has 1 N–H and O–H groups in total. The third-order valence-corrected chi connectivity index (χ3v) is 5.63. The van der Waals surface area contributed by atoms with Crippen LogP contribution in [0, 0.1) is 11.3 Å². The topological polar surface area (TPSA) is 53.0 Å². The largest absolute Gasteiger partial charge is 0.396 e. The standard InChI is InChI=1S/C15H28N2O3S/c1-20-8-7-16-9-13(10-18)15(12-16)3-5-17(6-4-15)14(19)11-21-2/h13,18H,3-12H2,1-2H3. The molecule has 0 saturated carbocycles. The molecule has 0 aliphatic carbocycles. The van der Waals surface area contributed by atoms with Gasteiger partial charge in [0.25, 0.3) is 0 Å². The third-order valence-electron chi connectivity index (χ3n) is 5.09. The minimum Gasteiger partial charge on any atom is -0.396 e. The van der Waals surface area contributed by atoms with Gasteiger partial charge in [-0.1, -0.05) is 0 Å². The van der Waals surface area contributed by atoms with E-state index in [1.807, 2.05) is 11.2 Å². The molecule has 0 aromatic heterocycles. The summed E-state index contributed by atoms with van der Waals surface area (Å²) < 4.78 is 5.16. The van der Waals surface area contributed by atoms with Crippen molar-refractivity contribution in [2.75, 3.05) is 65.1 Å². The van der Waals surface area contributed by atoms with Crippen molar-refractivity contribution in [2.24, 2.45) is 11.3 Å². The van der Waals surface area contributed by atoms with Crippen LogP contribution in [-0.4, -0.2) is 85.9 Å². The van der Waals surface area contributed by atoms with Gasteiger partial charge in [0.1, 0.15) is 0 Å². The van der Waals surface area contributed by atoms with E-state index < -0.39 is 0 Å². The van der Waals surface area contributed by atoms with Gasteiger partial charge in [0, 0.05) is 52.4 Å². The summed E-state index contributed by atoms with van der Waals surface area (Å²) in [6.07, 6.45) is 4.00. The highest BCUT2D eigenvalue weighted by atomic mass is 32.2. The van der Waals surface area contributed by atoms with Crippen LogP contribution in [-0.2, 0) is 9.53 Å². The fraction of sp³-hybridized carbons (Fsp3) is 0.933. The number of methoxy groups -OCH3 is 1. The SMILES string of the molecule is COCCN1CC(CO)C2(CCN(C(=O)CSC)CC2)C1. The van der Waals surface area contributed by atoms with Crippen molar-refractivity contribution >= 4 is 17.7 Å². The highest BCUT2D eigenvalue weighted by Gasteiger charge is 2.47. The minimum atomic E-state index is 0.193. The molecule has 5 nitrogen and oxygen atoms in total. The fourth-order valence-electron chi connectivity index (χ4n) is 3.77. The van der Waals surface area contributed by atoms with Gasteiger partial charge in [-0.25, -0.2) is 0 Å². The van der Waals surface area contributed by atoms with Crippen LogP contribution in [0.2, 0.25) is 0 Å². The van der Waals surface area contributed by atoms with E-state index in [1.54, 1.807) is 18.9 Å². The first-order chi connectivity index (χ1) is 10.1. The van der Waals surface area contributed by atoms with Gasteiger partial charge in [-0.05, 0) is 24.5 Å². The van der Waals surface area contributed by atoms with E-state index in [-0.39, 0.29) is 17.9 Å². The number of thioether (sulfide) groups is 1. The van der Waals surface area contributed by atoms with Crippen molar-refractivity contribution in [3.8, 4) is 0 Å². The number of amides is 1. The summed E-state index contributed by atoms with van der Waals surface area (Å²) in [6, 6.07) is 0. The molecular formula is C15H28N2O3S. The maximum atomic E-state index is 12.0. The highest BCUT2D eigenvalue weighted by Crippen LogP contribution is 2.44. The first-order valence-corrected chi connectivity index (χ1v) is 9.13. The van der Waals surface area contributed by atoms with Crippen molar-refractivity contribution in [1.29, 1.82) is 0 Å². The normalized spacial score (nSPS) is 25.7. The molecular weight excluding hydrogens is 288 g/mol. The predicted molar refractivity (Wildman–Crippen MR) is 85.5 cm³/mol. The van der Waals surface area contributed by atoms with Gasteiger partial charge in [0.05, 0.1) is 12.4 Å². The van der Waals surface area contributed by atoms with Crippen molar-refractivity contribution in [1.82, 2.24) is 9.80 Å². The molecule has 0 aromatic carbocycles. The molecule has 2 saturated heterocycles. The molecule has 2 heterocycles. The molecule has 0 radical (unpaired) electrons. The second-order valence-electron chi connectivity index (χ2n) is 6.28. The van der Waals surface area contributed by atoms with E-state index in [1.165, 1.54) is 0 Å². The summed E-state index contributed by atoms with van der Waals surface area (Å²) in [5.74, 6) is 1.18. The predicted octanol–water partition coefficient (Wildman–Crippen LogP) is 0.529. The first kappa shape index (κ1) is 17.1. The number of carbonyl (C=O) groups is 1. The summed E-state index contributed by atoms with van der Waals surface area (Å²) in [5.41, 5.74) is 0.193. The summed E-state index contributed by atoms with van der Waals surface area (Å²) in [6.45, 7) is 5.60. The molecule has 1 atom stereocenters. The van der Waals surface area contributed by atoms with E-state index >= 15 is 0 Å². The third kappa shape index (κ3) is 3.92. The van der Waals surface area contributed by atoms with Gasteiger partial charge >= 0.3 is 0 Å². The lowest BCUT2D eigenvalue weighted by molar-refractivity contribution is -0.131. The first-order valence-electron chi connectivity index (χ1n) is 7.74. The van der Waals surface area contributed by atoms with Crippen LogP contribution < -0.4 is 0 Å². The molecule has 1 spiro atoms. The van der Waals surface area contributed by atoms with Gasteiger partial charge in [-0.2, -0.15) is 11.8 Å². The highest BCUT2D eigenvalue weighted by molar-refractivity contribution is 7.99. The molecule has 1 unspecified atom stereocenters. The molecule has 1 amide bonds. The van der Waals surface area contributed by atoms with Gasteiger partial charge in [0.15, 0.2) is 0 Å². The van der Waals surface area contributed by atoms with E-state index in [0.29, 0.717) is 11.7 Å². The maximum Gasteiger partial charge on any atom is 0.232 e. The maximum absolute atomic E-state index is 12.0. The van der Waals surface area contributed by atoms with Crippen LogP contribution in [0.4, 0.5) is 0 Å². The Morgan fingerprint density at radius 1 is 1.43 bits per heavy atom. The summed E-state index contributed by atoms with van der Waals surface area (Å²) >= 11 is 1.59. The number of likely N-dealkylation sites (tertiary alicyclic amines) is 2. The Morgan fingerprint density at radius 2 is 2.14 bits per heavy atom. The Morgan fingerprint density at radius 3 is 2.71 bits per heavy atom. The number of piperidine rings is 1. The smallest absolute Gasteiger partial charge is 0.232 e. The Balaban J connectivity index is 1.92. The van der Waals surface area contributed by atoms with Crippen LogP contribution in [0.3, 0.4) is 0 Å². The lowest BCUT2D eigenvalue weighted by Crippen LogP contribution is -2.47. The number of hydrogen-bond acceptors (Lipinski definition) is 5. The number of nitrogens with zero attached hydrogens (tertiary/aromatic N) is 2. The molecule has 0 aromatic rings. The van der Waals surface area contributed by atoms with Crippen molar-refractivity contribution < 1.29 is 14.6 Å². The molecule has 2 aliphatic heterocycles. The van der Waals surface area contributed by atoms with Gasteiger partial charge in [-0.15, -0.1) is 0 Å². The second kappa shape index (κ2) is 7.81. The number of aliphatic hydroxyl groups excluding tert-OH is 1. The van der Waals surface area contributed by atoms with Crippen LogP contribution >= 0.6 is 11.8 Å². The Labute approximate surface area is 132 Å². The van der Waals surface area contributed by atoms with Gasteiger partial charge < -0.3 is 19.6 Å². The van der Waals surface area contributed by atoms with E-state index in [2.05, 4.69) is 4.90 Å². The molecule has 2 aliphatic rings. The monoisotopic (exact) mass is 316 g/mol. The fourth-order valence-corrected chi connectivity index (χ4v) is 4.20. The van der Waals surface area contributed by atoms with E-state index in [9.17, 15) is 9.90 Å². The van der Waals surface area contributed by atoms with E-state index in [0.717, 1.165) is 52.2 Å². The zero-order valence-corrected chi connectivity index (χ0v) is 14.0. The average Bonchev–Trinajstić information content (AvgIpc) is 2.83. The molecule has 2 fully saturated rings. The van der Waals surface area contributed by atoms with Crippen LogP contribution in [0.15, 0.2) is 0 Å². The number of carbonyl (C=O) groups excluding carboxylic acids is 1. The lowest BCUT2D eigenvalue weighted by atomic mass is 9.71. The molecule has 122 valence electrons. The van der Waals surface area contributed by atoms with Crippen molar-refractivity contribution in [2.45, 2.75) is 12.8 Å². The zero-order valence-electron chi connectivity index (χ0n) is 13.2. The molecule has 21 heavy (non-hydrogen) atoms. The van der Waals surface area contributed by atoms with Crippen LogP contribution in [0.25, 0.3) is 0 Å². The van der Waals surface area contributed by atoms with Gasteiger partial charge in [0.2, 0.25) is 5.91 Å². The van der Waals surface area contributed by atoms with Crippen LogP contribution in [0.5, 0.6) is 0 Å². The number of ether oxygens (including phenoxy) is 1. The minimum absolute atomic E-state index is 0.193. The quantitative estimate of drug-likeness (QED) is 0.775. The molecule has 2 rings (SSSR count). The lowest BCUT2D eigenvalue weighted by Gasteiger charge is -2.42. The zero-order chi connectivity index (χ0) is 15.3. The second-order valence-corrected chi connectivity index (χ2v) is 7.15. The Hall–Kier alpha value is -0.300. The summed E-state index contributed by atoms with van der Waals surface area (Å²) in [7, 11) is 1.73. The number of hydrogen-bond donors (Lipinski definition) is 1. The van der Waals surface area contributed by atoms with Crippen molar-refractivity contribution in [3.05, 3.63) is 0 Å². The Kier molecular flexibility index (Phi) is 6.34. The van der Waals surface area contributed by atoms with Gasteiger partial charge in [-0.3, -0.25) is 4.79 Å². The number of rotatable bonds is 6. The average molecular weight is 316 g/mol. The summed E-state index contributed by atoms with van der Waals surface area (Å²) in [4.78, 5) is 16.4. The van der Waals surface area contributed by atoms with Crippen molar-refractivity contribution in [3.63, 3.8) is 0 Å². The Bertz CT molecular complexity index is 346. The number of aliphatic hydroxyl groups is 1. The van der Waals surface area contributed by atoms with Crippen LogP contribution in [0.1, 0.15) is 12.8 Å². The molecule has 0 bridgehead atoms. The summed E-state index contributed by atoms with van der Waals surface area (Å²) in [5, 5.41) is 9.74. The van der Waals surface area contributed by atoms with E-state index in [4.69, 9.17) is 4.74 Å².